The molecule has 0 bridgehead atoms. The Balaban J connectivity index is 3.18. The normalized spacial score (nSPS) is 13.6. The van der Waals surface area contributed by atoms with Crippen molar-refractivity contribution in [1.82, 2.24) is 0 Å². The molecule has 0 heteroatoms. The Bertz CT molecular complexity index is 294. The van der Waals surface area contributed by atoms with Gasteiger partial charge in [-0.15, -0.1) is 0 Å². The lowest BCUT2D eigenvalue weighted by Crippen LogP contribution is -1.95. The van der Waals surface area contributed by atoms with Gasteiger partial charge in [0.05, 0.1) is 0 Å². The average molecular weight is 423 g/mol. The van der Waals surface area contributed by atoms with Crippen LogP contribution < -0.4 is 0 Å². The highest BCUT2D eigenvalue weighted by molar-refractivity contribution is 4.57. The molecule has 30 heavy (non-hydrogen) atoms. The molecular weight excluding hydrogens is 360 g/mol. The van der Waals surface area contributed by atoms with E-state index in [-0.39, 0.29) is 0 Å². The third-order valence-corrected chi connectivity index (χ3v) is 7.23. The van der Waals surface area contributed by atoms with Crippen molar-refractivity contribution in [2.24, 2.45) is 11.8 Å². The molecule has 0 aromatic heterocycles. The van der Waals surface area contributed by atoms with Crippen molar-refractivity contribution in [2.45, 2.75) is 182 Å². The summed E-state index contributed by atoms with van der Waals surface area (Å²) >= 11 is 0. The van der Waals surface area contributed by atoms with Gasteiger partial charge in [-0.2, -0.15) is 0 Å². The molecular formula is C30H62. The van der Waals surface area contributed by atoms with Crippen molar-refractivity contribution >= 4 is 0 Å². The molecule has 0 saturated heterocycles. The minimum atomic E-state index is 0.960. The standard InChI is InChI=1S/C30H62/c1-5-7-8-9-10-11-12-13-14-16-20-23-27-30(4)28-24-21-18-15-17-19-22-26-29(3)25-6-2/h29-30H,5-28H2,1-4H3. The van der Waals surface area contributed by atoms with E-state index < -0.39 is 0 Å². The van der Waals surface area contributed by atoms with Crippen molar-refractivity contribution in [3.63, 3.8) is 0 Å². The Hall–Kier alpha value is 0. The fraction of sp³-hybridized carbons (Fsp3) is 1.00. The number of rotatable bonds is 25. The van der Waals surface area contributed by atoms with E-state index in [1.54, 1.807) is 0 Å². The lowest BCUT2D eigenvalue weighted by molar-refractivity contribution is 0.426. The summed E-state index contributed by atoms with van der Waals surface area (Å²) in [5.41, 5.74) is 0. The lowest BCUT2D eigenvalue weighted by Gasteiger charge is -2.11. The molecule has 0 aromatic carbocycles. The van der Waals surface area contributed by atoms with E-state index >= 15 is 0 Å². The molecule has 0 heterocycles. The Morgan fingerprint density at radius 2 is 0.567 bits per heavy atom. The molecule has 0 saturated carbocycles. The van der Waals surface area contributed by atoms with Crippen LogP contribution >= 0.6 is 0 Å². The fourth-order valence-electron chi connectivity index (χ4n) is 4.98. The average Bonchev–Trinajstić information content (AvgIpc) is 2.73. The number of unbranched alkanes of at least 4 members (excludes halogenated alkanes) is 17. The van der Waals surface area contributed by atoms with Gasteiger partial charge in [-0.05, 0) is 11.8 Å². The Morgan fingerprint density at radius 3 is 0.867 bits per heavy atom. The molecule has 0 rings (SSSR count). The summed E-state index contributed by atoms with van der Waals surface area (Å²) in [5.74, 6) is 1.93. The van der Waals surface area contributed by atoms with Crippen LogP contribution in [0.5, 0.6) is 0 Å². The molecule has 0 spiro atoms. The van der Waals surface area contributed by atoms with E-state index in [1.807, 2.05) is 0 Å². The highest BCUT2D eigenvalue weighted by Gasteiger charge is 2.03. The molecule has 0 radical (unpaired) electrons. The van der Waals surface area contributed by atoms with Crippen molar-refractivity contribution in [3.05, 3.63) is 0 Å². The molecule has 0 aliphatic rings. The maximum Gasteiger partial charge on any atom is -0.0443 e. The van der Waals surface area contributed by atoms with Crippen LogP contribution in [0.4, 0.5) is 0 Å². The highest BCUT2D eigenvalue weighted by Crippen LogP contribution is 2.20. The van der Waals surface area contributed by atoms with Gasteiger partial charge < -0.3 is 0 Å². The zero-order chi connectivity index (χ0) is 22.1. The summed E-state index contributed by atoms with van der Waals surface area (Å²) in [6, 6.07) is 0. The predicted molar refractivity (Wildman–Crippen MR) is 140 cm³/mol. The smallest absolute Gasteiger partial charge is 0.0443 e. The van der Waals surface area contributed by atoms with Crippen molar-refractivity contribution in [2.75, 3.05) is 0 Å². The highest BCUT2D eigenvalue weighted by atomic mass is 14.1. The molecule has 2 unspecified atom stereocenters. The van der Waals surface area contributed by atoms with Gasteiger partial charge in [0.25, 0.3) is 0 Å². The molecule has 0 aliphatic heterocycles. The minimum absolute atomic E-state index is 0.960. The molecule has 0 aromatic rings. The van der Waals surface area contributed by atoms with Crippen LogP contribution in [-0.4, -0.2) is 0 Å². The molecule has 2 atom stereocenters. The number of hydrogen-bond donors (Lipinski definition) is 0. The summed E-state index contributed by atoms with van der Waals surface area (Å²) in [6.07, 6.45) is 35.2. The van der Waals surface area contributed by atoms with Crippen LogP contribution in [0, 0.1) is 11.8 Å². The van der Waals surface area contributed by atoms with Gasteiger partial charge in [0.1, 0.15) is 0 Å². The van der Waals surface area contributed by atoms with E-state index in [4.69, 9.17) is 0 Å². The molecule has 182 valence electrons. The summed E-state index contributed by atoms with van der Waals surface area (Å²) in [5, 5.41) is 0. The van der Waals surface area contributed by atoms with E-state index in [9.17, 15) is 0 Å². The van der Waals surface area contributed by atoms with Gasteiger partial charge >= 0.3 is 0 Å². The van der Waals surface area contributed by atoms with Gasteiger partial charge in [-0.1, -0.05) is 182 Å². The van der Waals surface area contributed by atoms with Gasteiger partial charge in [0.15, 0.2) is 0 Å². The molecule has 0 nitrogen and oxygen atoms in total. The van der Waals surface area contributed by atoms with Crippen LogP contribution in [0.15, 0.2) is 0 Å². The Morgan fingerprint density at radius 1 is 0.300 bits per heavy atom. The first-order valence-corrected chi connectivity index (χ1v) is 14.7. The van der Waals surface area contributed by atoms with Crippen molar-refractivity contribution in [3.8, 4) is 0 Å². The van der Waals surface area contributed by atoms with E-state index in [2.05, 4.69) is 27.7 Å². The first-order valence-electron chi connectivity index (χ1n) is 14.7. The van der Waals surface area contributed by atoms with Crippen LogP contribution in [0.2, 0.25) is 0 Å². The van der Waals surface area contributed by atoms with Crippen LogP contribution in [0.25, 0.3) is 0 Å². The molecule has 0 amide bonds. The van der Waals surface area contributed by atoms with E-state index in [1.165, 1.54) is 154 Å². The second-order valence-electron chi connectivity index (χ2n) is 10.7. The third-order valence-electron chi connectivity index (χ3n) is 7.23. The quantitative estimate of drug-likeness (QED) is 0.128. The zero-order valence-electron chi connectivity index (χ0n) is 22.1. The summed E-state index contributed by atoms with van der Waals surface area (Å²) < 4.78 is 0. The largest absolute Gasteiger partial charge is 0.0654 e. The second kappa shape index (κ2) is 25.3. The molecule has 0 N–H and O–H groups in total. The van der Waals surface area contributed by atoms with E-state index in [0.29, 0.717) is 0 Å². The second-order valence-corrected chi connectivity index (χ2v) is 10.7. The number of hydrogen-bond acceptors (Lipinski definition) is 0. The van der Waals surface area contributed by atoms with Crippen LogP contribution in [0.1, 0.15) is 182 Å². The van der Waals surface area contributed by atoms with Gasteiger partial charge in [0, 0.05) is 0 Å². The van der Waals surface area contributed by atoms with Crippen LogP contribution in [0.3, 0.4) is 0 Å². The third kappa shape index (κ3) is 24.3. The van der Waals surface area contributed by atoms with Gasteiger partial charge in [-0.3, -0.25) is 0 Å². The van der Waals surface area contributed by atoms with Crippen molar-refractivity contribution < 1.29 is 0 Å². The predicted octanol–water partition coefficient (Wildman–Crippen LogP) is 11.7. The molecule has 0 aliphatic carbocycles. The zero-order valence-corrected chi connectivity index (χ0v) is 22.1. The van der Waals surface area contributed by atoms with E-state index in [0.717, 1.165) is 11.8 Å². The summed E-state index contributed by atoms with van der Waals surface area (Å²) in [4.78, 5) is 0. The van der Waals surface area contributed by atoms with Gasteiger partial charge in [-0.25, -0.2) is 0 Å². The SMILES string of the molecule is CCCCCCCCCCCCCCC(C)CCCCCCCCCC(C)CCC. The summed E-state index contributed by atoms with van der Waals surface area (Å²) in [6.45, 7) is 9.55. The van der Waals surface area contributed by atoms with Gasteiger partial charge in [0.2, 0.25) is 0 Å². The van der Waals surface area contributed by atoms with Crippen molar-refractivity contribution in [1.29, 1.82) is 0 Å². The minimum Gasteiger partial charge on any atom is -0.0654 e. The molecule has 0 fully saturated rings. The summed E-state index contributed by atoms with van der Waals surface area (Å²) in [7, 11) is 0. The maximum absolute atomic E-state index is 2.50. The maximum atomic E-state index is 2.50. The van der Waals surface area contributed by atoms with Crippen LogP contribution in [-0.2, 0) is 0 Å². The first kappa shape index (κ1) is 30.0. The Kier molecular flexibility index (Phi) is 25.3. The lowest BCUT2D eigenvalue weighted by atomic mass is 9.95. The Labute approximate surface area is 193 Å². The fourth-order valence-corrected chi connectivity index (χ4v) is 4.98. The first-order chi connectivity index (χ1) is 14.7. The topological polar surface area (TPSA) is 0 Å². The monoisotopic (exact) mass is 422 g/mol.